The molecule has 0 aliphatic heterocycles. The Hall–Kier alpha value is -1.81. The second-order valence-electron chi connectivity index (χ2n) is 5.61. The minimum Gasteiger partial charge on any atom is -0.460 e. The van der Waals surface area contributed by atoms with E-state index in [2.05, 4.69) is 5.32 Å². The Balaban J connectivity index is 2.10. The zero-order chi connectivity index (χ0) is 14.0. The molecule has 0 saturated carbocycles. The molecule has 0 saturated heterocycles. The van der Waals surface area contributed by atoms with E-state index in [9.17, 15) is 4.79 Å². The number of nitrogens with two attached hydrogens (primary N) is 1. The molecule has 0 aliphatic carbocycles. The molecular formula is C15H20N2O2. The second-order valence-corrected chi connectivity index (χ2v) is 5.61. The number of carbonyl (C=O) groups excluding carboxylic acids is 1. The van der Waals surface area contributed by atoms with Crippen LogP contribution in [0, 0.1) is 0 Å². The largest absolute Gasteiger partial charge is 0.460 e. The van der Waals surface area contributed by atoms with Crippen LogP contribution in [0.2, 0.25) is 0 Å². The molecule has 19 heavy (non-hydrogen) atoms. The van der Waals surface area contributed by atoms with Gasteiger partial charge in [0.15, 0.2) is 0 Å². The first-order valence-electron chi connectivity index (χ1n) is 6.42. The Bertz CT molecular complexity index is 548. The molecular weight excluding hydrogens is 240 g/mol. The normalized spacial score (nSPS) is 13.5. The molecule has 2 rings (SSSR count). The van der Waals surface area contributed by atoms with Crippen molar-refractivity contribution >= 4 is 16.9 Å². The van der Waals surface area contributed by atoms with Crippen molar-refractivity contribution in [2.45, 2.75) is 32.2 Å². The van der Waals surface area contributed by atoms with Crippen molar-refractivity contribution in [1.82, 2.24) is 5.32 Å². The average Bonchev–Trinajstić information content (AvgIpc) is 2.77. The molecule has 1 atom stereocenters. The standard InChI is InChI=1S/C15H20N2O2/c1-10(14(18)17-9-15(2,3)16)13-8-11-6-4-5-7-12(11)19-13/h4-8,10H,9,16H2,1-3H3,(H,17,18). The third kappa shape index (κ3) is 3.35. The number of carbonyl (C=O) groups is 1. The van der Waals surface area contributed by atoms with Gasteiger partial charge in [0.05, 0.1) is 5.92 Å². The van der Waals surface area contributed by atoms with Gasteiger partial charge in [0.2, 0.25) is 5.91 Å². The number of furan rings is 1. The molecule has 0 bridgehead atoms. The molecule has 102 valence electrons. The molecule has 1 unspecified atom stereocenters. The fourth-order valence-electron chi connectivity index (χ4n) is 1.81. The van der Waals surface area contributed by atoms with Crippen LogP contribution >= 0.6 is 0 Å². The van der Waals surface area contributed by atoms with Gasteiger partial charge < -0.3 is 15.5 Å². The smallest absolute Gasteiger partial charge is 0.230 e. The van der Waals surface area contributed by atoms with Crippen LogP contribution in [0.1, 0.15) is 32.4 Å². The molecule has 4 heteroatoms. The van der Waals surface area contributed by atoms with Gasteiger partial charge in [0, 0.05) is 17.5 Å². The molecule has 3 N–H and O–H groups in total. The van der Waals surface area contributed by atoms with Crippen molar-refractivity contribution in [2.24, 2.45) is 5.73 Å². The zero-order valence-corrected chi connectivity index (χ0v) is 11.6. The van der Waals surface area contributed by atoms with E-state index in [1.807, 2.05) is 51.1 Å². The van der Waals surface area contributed by atoms with Crippen LogP contribution in [-0.4, -0.2) is 18.0 Å². The van der Waals surface area contributed by atoms with Gasteiger partial charge in [-0.3, -0.25) is 4.79 Å². The van der Waals surface area contributed by atoms with Gasteiger partial charge >= 0.3 is 0 Å². The number of fused-ring (bicyclic) bond motifs is 1. The molecule has 0 spiro atoms. The van der Waals surface area contributed by atoms with E-state index in [-0.39, 0.29) is 11.8 Å². The van der Waals surface area contributed by atoms with Crippen molar-refractivity contribution in [2.75, 3.05) is 6.54 Å². The molecule has 1 aromatic heterocycles. The number of amides is 1. The first-order chi connectivity index (χ1) is 8.87. The minimum atomic E-state index is -0.413. The average molecular weight is 260 g/mol. The van der Waals surface area contributed by atoms with Gasteiger partial charge in [0.1, 0.15) is 11.3 Å². The fraction of sp³-hybridized carbons (Fsp3) is 0.400. The zero-order valence-electron chi connectivity index (χ0n) is 11.6. The van der Waals surface area contributed by atoms with Gasteiger partial charge in [0.25, 0.3) is 0 Å². The molecule has 1 amide bonds. The van der Waals surface area contributed by atoms with E-state index in [1.54, 1.807) is 0 Å². The molecule has 0 radical (unpaired) electrons. The SMILES string of the molecule is CC(C(=O)NCC(C)(C)N)c1cc2ccccc2o1. The Morgan fingerprint density at radius 2 is 2.11 bits per heavy atom. The highest BCUT2D eigenvalue weighted by atomic mass is 16.3. The number of nitrogens with one attached hydrogen (secondary N) is 1. The number of hydrogen-bond donors (Lipinski definition) is 2. The van der Waals surface area contributed by atoms with Crippen molar-refractivity contribution < 1.29 is 9.21 Å². The molecule has 1 heterocycles. The first kappa shape index (κ1) is 13.6. The van der Waals surface area contributed by atoms with E-state index >= 15 is 0 Å². The summed E-state index contributed by atoms with van der Waals surface area (Å²) in [4.78, 5) is 12.0. The lowest BCUT2D eigenvalue weighted by atomic mass is 10.1. The summed E-state index contributed by atoms with van der Waals surface area (Å²) in [6.45, 7) is 6.02. The summed E-state index contributed by atoms with van der Waals surface area (Å²) in [5, 5.41) is 3.85. The number of para-hydroxylation sites is 1. The third-order valence-electron chi connectivity index (χ3n) is 2.98. The van der Waals surface area contributed by atoms with Crippen molar-refractivity contribution in [1.29, 1.82) is 0 Å². The van der Waals surface area contributed by atoms with Crippen LogP contribution in [0.4, 0.5) is 0 Å². The maximum Gasteiger partial charge on any atom is 0.230 e. The molecule has 1 aromatic carbocycles. The molecule has 0 aliphatic rings. The van der Waals surface area contributed by atoms with E-state index < -0.39 is 5.54 Å². The number of hydrogen-bond acceptors (Lipinski definition) is 3. The van der Waals surface area contributed by atoms with Gasteiger partial charge in [-0.05, 0) is 32.9 Å². The summed E-state index contributed by atoms with van der Waals surface area (Å²) in [6.07, 6.45) is 0. The Labute approximate surface area is 113 Å². The van der Waals surface area contributed by atoms with Crippen LogP contribution in [-0.2, 0) is 4.79 Å². The summed E-state index contributed by atoms with van der Waals surface area (Å²) < 4.78 is 5.69. The fourth-order valence-corrected chi connectivity index (χ4v) is 1.81. The Kier molecular flexibility index (Phi) is 3.62. The molecule has 4 nitrogen and oxygen atoms in total. The predicted octanol–water partition coefficient (Wildman–Crippen LogP) is 2.39. The summed E-state index contributed by atoms with van der Waals surface area (Å²) in [5.74, 6) is 0.279. The highest BCUT2D eigenvalue weighted by Gasteiger charge is 2.21. The van der Waals surface area contributed by atoms with Crippen molar-refractivity contribution in [3.05, 3.63) is 36.1 Å². The predicted molar refractivity (Wildman–Crippen MR) is 75.9 cm³/mol. The number of benzene rings is 1. The van der Waals surface area contributed by atoms with Crippen LogP contribution in [0.3, 0.4) is 0 Å². The van der Waals surface area contributed by atoms with Gasteiger partial charge in [-0.1, -0.05) is 18.2 Å². The van der Waals surface area contributed by atoms with Crippen LogP contribution in [0.15, 0.2) is 34.7 Å². The summed E-state index contributed by atoms with van der Waals surface area (Å²) in [6, 6.07) is 9.64. The minimum absolute atomic E-state index is 0.0717. The van der Waals surface area contributed by atoms with Gasteiger partial charge in [-0.25, -0.2) is 0 Å². The molecule has 2 aromatic rings. The maximum atomic E-state index is 12.0. The lowest BCUT2D eigenvalue weighted by Gasteiger charge is -2.20. The van der Waals surface area contributed by atoms with Crippen LogP contribution in [0.25, 0.3) is 11.0 Å². The van der Waals surface area contributed by atoms with Gasteiger partial charge in [-0.15, -0.1) is 0 Å². The monoisotopic (exact) mass is 260 g/mol. The lowest BCUT2D eigenvalue weighted by molar-refractivity contribution is -0.122. The summed E-state index contributed by atoms with van der Waals surface area (Å²) in [7, 11) is 0. The van der Waals surface area contributed by atoms with E-state index in [1.165, 1.54) is 0 Å². The topological polar surface area (TPSA) is 68.3 Å². The van der Waals surface area contributed by atoms with Gasteiger partial charge in [-0.2, -0.15) is 0 Å². The highest BCUT2D eigenvalue weighted by Crippen LogP contribution is 2.24. The quantitative estimate of drug-likeness (QED) is 0.887. The first-order valence-corrected chi connectivity index (χ1v) is 6.42. The number of rotatable bonds is 4. The lowest BCUT2D eigenvalue weighted by Crippen LogP contribution is -2.46. The van der Waals surface area contributed by atoms with E-state index in [0.29, 0.717) is 12.3 Å². The molecule has 0 fully saturated rings. The van der Waals surface area contributed by atoms with Crippen molar-refractivity contribution in [3.63, 3.8) is 0 Å². The maximum absolute atomic E-state index is 12.0. The third-order valence-corrected chi connectivity index (χ3v) is 2.98. The van der Waals surface area contributed by atoms with E-state index in [0.717, 1.165) is 11.0 Å². The van der Waals surface area contributed by atoms with E-state index in [4.69, 9.17) is 10.2 Å². The summed E-state index contributed by atoms with van der Waals surface area (Å²) in [5.41, 5.74) is 6.23. The highest BCUT2D eigenvalue weighted by molar-refractivity contribution is 5.85. The van der Waals surface area contributed by atoms with Crippen LogP contribution < -0.4 is 11.1 Å². The second kappa shape index (κ2) is 5.05. The Morgan fingerprint density at radius 3 is 2.74 bits per heavy atom. The Morgan fingerprint density at radius 1 is 1.42 bits per heavy atom. The van der Waals surface area contributed by atoms with Crippen molar-refractivity contribution in [3.8, 4) is 0 Å². The summed E-state index contributed by atoms with van der Waals surface area (Å²) >= 11 is 0. The van der Waals surface area contributed by atoms with Crippen LogP contribution in [0.5, 0.6) is 0 Å².